The zero-order chi connectivity index (χ0) is 22.3. The van der Waals surface area contributed by atoms with Crippen LogP contribution >= 0.6 is 0 Å². The van der Waals surface area contributed by atoms with Crippen LogP contribution in [0.4, 0.5) is 5.69 Å². The van der Waals surface area contributed by atoms with Gasteiger partial charge in [0.25, 0.3) is 10.0 Å². The van der Waals surface area contributed by atoms with Gasteiger partial charge in [-0.05, 0) is 52.7 Å². The number of sulfonamides is 1. The Morgan fingerprint density at radius 2 is 1.22 bits per heavy atom. The lowest BCUT2D eigenvalue weighted by Gasteiger charge is -2.18. The molecule has 0 spiro atoms. The molecule has 0 aliphatic heterocycles. The summed E-state index contributed by atoms with van der Waals surface area (Å²) in [4.78, 5) is 0.185. The molecular formula is C27H21NO3S. The maximum absolute atomic E-state index is 13.2. The predicted octanol–water partition coefficient (Wildman–Crippen LogP) is 6.47. The molecule has 5 heteroatoms. The van der Waals surface area contributed by atoms with E-state index in [0.717, 1.165) is 27.1 Å². The van der Waals surface area contributed by atoms with Gasteiger partial charge in [-0.2, -0.15) is 0 Å². The number of hydrogen-bond donors (Lipinski definition) is 2. The van der Waals surface area contributed by atoms with Gasteiger partial charge in [0.05, 0.1) is 10.6 Å². The van der Waals surface area contributed by atoms with Crippen LogP contribution in [0.15, 0.2) is 102 Å². The first-order chi connectivity index (χ1) is 15.4. The third kappa shape index (κ3) is 3.47. The lowest BCUT2D eigenvalue weighted by atomic mass is 9.92. The molecular weight excluding hydrogens is 418 g/mol. The van der Waals surface area contributed by atoms with Gasteiger partial charge in [-0.25, -0.2) is 8.42 Å². The van der Waals surface area contributed by atoms with Crippen LogP contribution in [0.2, 0.25) is 0 Å². The fourth-order valence-corrected chi connectivity index (χ4v) is 5.14. The molecule has 5 aromatic carbocycles. The molecule has 32 heavy (non-hydrogen) atoms. The number of nitrogens with one attached hydrogen (secondary N) is 1. The highest BCUT2D eigenvalue weighted by Crippen LogP contribution is 2.44. The normalized spacial score (nSPS) is 11.7. The van der Waals surface area contributed by atoms with Crippen molar-refractivity contribution in [3.63, 3.8) is 0 Å². The van der Waals surface area contributed by atoms with Crippen molar-refractivity contribution in [2.24, 2.45) is 0 Å². The number of anilines is 1. The van der Waals surface area contributed by atoms with Crippen LogP contribution in [0.25, 0.3) is 32.7 Å². The highest BCUT2D eigenvalue weighted by molar-refractivity contribution is 7.92. The quantitative estimate of drug-likeness (QED) is 0.337. The summed E-state index contributed by atoms with van der Waals surface area (Å²) in [6.07, 6.45) is 0. The van der Waals surface area contributed by atoms with Gasteiger partial charge in [-0.3, -0.25) is 4.72 Å². The Bertz CT molecular complexity index is 1570. The van der Waals surface area contributed by atoms with E-state index >= 15 is 0 Å². The van der Waals surface area contributed by atoms with Crippen LogP contribution in [-0.4, -0.2) is 13.5 Å². The van der Waals surface area contributed by atoms with Crippen LogP contribution in [0.3, 0.4) is 0 Å². The largest absolute Gasteiger partial charge is 0.507 e. The van der Waals surface area contributed by atoms with Crippen molar-refractivity contribution in [2.75, 3.05) is 4.72 Å². The lowest BCUT2D eigenvalue weighted by Crippen LogP contribution is -2.13. The average molecular weight is 440 g/mol. The molecule has 0 radical (unpaired) electrons. The first-order valence-electron chi connectivity index (χ1n) is 10.3. The number of aryl methyl sites for hydroxylation is 1. The molecule has 0 fully saturated rings. The van der Waals surface area contributed by atoms with Crippen molar-refractivity contribution in [3.8, 4) is 16.9 Å². The second-order valence-electron chi connectivity index (χ2n) is 7.81. The van der Waals surface area contributed by atoms with Crippen LogP contribution < -0.4 is 4.72 Å². The van der Waals surface area contributed by atoms with Crippen molar-refractivity contribution in [3.05, 3.63) is 103 Å². The van der Waals surface area contributed by atoms with Crippen molar-refractivity contribution < 1.29 is 13.5 Å². The van der Waals surface area contributed by atoms with Crippen LogP contribution in [0, 0.1) is 6.92 Å². The number of phenolic OH excluding ortho intramolecular Hbond substituents is 1. The second kappa shape index (κ2) is 7.70. The third-order valence-electron chi connectivity index (χ3n) is 5.66. The summed E-state index contributed by atoms with van der Waals surface area (Å²) in [7, 11) is -3.83. The first kappa shape index (κ1) is 20.1. The van der Waals surface area contributed by atoms with Crippen LogP contribution in [0.5, 0.6) is 5.75 Å². The molecule has 0 atom stereocenters. The molecule has 5 aromatic rings. The Hall–Kier alpha value is -3.83. The van der Waals surface area contributed by atoms with E-state index in [1.807, 2.05) is 67.6 Å². The Morgan fingerprint density at radius 3 is 1.88 bits per heavy atom. The van der Waals surface area contributed by atoms with Gasteiger partial charge in [0.1, 0.15) is 5.75 Å². The van der Waals surface area contributed by atoms with E-state index in [-0.39, 0.29) is 10.6 Å². The van der Waals surface area contributed by atoms with Gasteiger partial charge in [0, 0.05) is 11.1 Å². The number of fused-ring (bicyclic) bond motifs is 2. The summed E-state index contributed by atoms with van der Waals surface area (Å²) in [6.45, 7) is 1.91. The summed E-state index contributed by atoms with van der Waals surface area (Å²) in [5.41, 5.74) is 2.64. The van der Waals surface area contributed by atoms with E-state index in [9.17, 15) is 13.5 Å². The van der Waals surface area contributed by atoms with E-state index in [4.69, 9.17) is 0 Å². The number of aromatic hydroxyl groups is 1. The van der Waals surface area contributed by atoms with E-state index in [1.165, 1.54) is 0 Å². The Morgan fingerprint density at radius 1 is 0.656 bits per heavy atom. The molecule has 4 nitrogen and oxygen atoms in total. The fourth-order valence-electron chi connectivity index (χ4n) is 4.07. The van der Waals surface area contributed by atoms with Crippen molar-refractivity contribution in [1.82, 2.24) is 0 Å². The van der Waals surface area contributed by atoms with Gasteiger partial charge >= 0.3 is 0 Å². The van der Waals surface area contributed by atoms with Crippen molar-refractivity contribution >= 4 is 37.3 Å². The first-order valence-corrected chi connectivity index (χ1v) is 11.7. The monoisotopic (exact) mass is 439 g/mol. The molecule has 0 amide bonds. The Labute approximate surface area is 186 Å². The zero-order valence-corrected chi connectivity index (χ0v) is 18.2. The maximum atomic E-state index is 13.2. The van der Waals surface area contributed by atoms with Gasteiger partial charge in [0.15, 0.2) is 0 Å². The molecule has 2 N–H and O–H groups in total. The summed E-state index contributed by atoms with van der Waals surface area (Å²) < 4.78 is 29.2. The molecule has 0 saturated heterocycles. The minimum atomic E-state index is -3.83. The van der Waals surface area contributed by atoms with Crippen molar-refractivity contribution in [1.29, 1.82) is 0 Å². The molecule has 0 aromatic heterocycles. The predicted molar refractivity (Wildman–Crippen MR) is 131 cm³/mol. The van der Waals surface area contributed by atoms with E-state index in [2.05, 4.69) is 4.72 Å². The van der Waals surface area contributed by atoms with Gasteiger partial charge in [-0.1, -0.05) is 78.4 Å². The topological polar surface area (TPSA) is 66.4 Å². The highest BCUT2D eigenvalue weighted by Gasteiger charge is 2.21. The summed E-state index contributed by atoms with van der Waals surface area (Å²) in [5.74, 6) is 0.0934. The van der Waals surface area contributed by atoms with E-state index in [1.54, 1.807) is 36.4 Å². The zero-order valence-electron chi connectivity index (χ0n) is 17.4. The summed E-state index contributed by atoms with van der Waals surface area (Å²) in [5, 5.41) is 14.5. The third-order valence-corrected chi connectivity index (χ3v) is 7.04. The molecule has 0 bridgehead atoms. The van der Waals surface area contributed by atoms with Gasteiger partial charge in [0.2, 0.25) is 0 Å². The minimum Gasteiger partial charge on any atom is -0.507 e. The Kier molecular flexibility index (Phi) is 4.83. The molecule has 0 aliphatic rings. The highest BCUT2D eigenvalue weighted by atomic mass is 32.2. The summed E-state index contributed by atoms with van der Waals surface area (Å²) >= 11 is 0. The molecule has 0 saturated carbocycles. The maximum Gasteiger partial charge on any atom is 0.261 e. The number of rotatable bonds is 4. The van der Waals surface area contributed by atoms with E-state index < -0.39 is 10.0 Å². The fraction of sp³-hybridized carbons (Fsp3) is 0.0370. The minimum absolute atomic E-state index is 0.0934. The van der Waals surface area contributed by atoms with Crippen molar-refractivity contribution in [2.45, 2.75) is 11.8 Å². The smallest absolute Gasteiger partial charge is 0.261 e. The van der Waals surface area contributed by atoms with Crippen LogP contribution in [-0.2, 0) is 10.0 Å². The Balaban J connectivity index is 1.79. The standard InChI is InChI=1S/C27H21NO3S/c1-18-10-14-21(15-11-18)32(30,31)28-24-16-12-19-6-2-4-8-22(19)26(24)27-23-9-5-3-7-20(23)13-17-25(27)29/h2-17,28-29H,1H3. The van der Waals surface area contributed by atoms with Gasteiger partial charge < -0.3 is 5.11 Å². The molecule has 0 heterocycles. The number of hydrogen-bond acceptors (Lipinski definition) is 3. The summed E-state index contributed by atoms with van der Waals surface area (Å²) in [6, 6.07) is 29.4. The molecule has 0 aliphatic carbocycles. The van der Waals surface area contributed by atoms with Crippen LogP contribution in [0.1, 0.15) is 5.56 Å². The lowest BCUT2D eigenvalue weighted by molar-refractivity contribution is 0.478. The van der Waals surface area contributed by atoms with E-state index in [0.29, 0.717) is 16.8 Å². The van der Waals surface area contributed by atoms with Gasteiger partial charge in [-0.15, -0.1) is 0 Å². The molecule has 5 rings (SSSR count). The average Bonchev–Trinajstić information content (AvgIpc) is 2.80. The number of phenols is 1. The second-order valence-corrected chi connectivity index (χ2v) is 9.49. The molecule has 0 unspecified atom stereocenters. The number of benzene rings is 5. The SMILES string of the molecule is Cc1ccc(S(=O)(=O)Nc2ccc3ccccc3c2-c2c(O)ccc3ccccc23)cc1. The molecule has 158 valence electrons.